The highest BCUT2D eigenvalue weighted by Crippen LogP contribution is 2.25. The van der Waals surface area contributed by atoms with E-state index in [1.54, 1.807) is 0 Å². The summed E-state index contributed by atoms with van der Waals surface area (Å²) in [5.74, 6) is 0.919. The Labute approximate surface area is 111 Å². The molecular formula is C14H18N2O3. The van der Waals surface area contributed by atoms with Gasteiger partial charge >= 0.3 is 0 Å². The first-order valence-electron chi connectivity index (χ1n) is 6.85. The van der Waals surface area contributed by atoms with E-state index >= 15 is 0 Å². The summed E-state index contributed by atoms with van der Waals surface area (Å²) in [6.45, 7) is -0.106. The highest BCUT2D eigenvalue weighted by atomic mass is 16.5. The zero-order valence-corrected chi connectivity index (χ0v) is 10.8. The van der Waals surface area contributed by atoms with Gasteiger partial charge in [-0.2, -0.15) is 0 Å². The molecule has 1 aromatic heterocycles. The van der Waals surface area contributed by atoms with E-state index in [2.05, 4.69) is 10.5 Å². The normalized spacial score (nSPS) is 21.9. The van der Waals surface area contributed by atoms with Crippen LogP contribution in [0.15, 0.2) is 16.2 Å². The minimum Gasteiger partial charge on any atom is -0.390 e. The van der Waals surface area contributed by atoms with Gasteiger partial charge in [-0.05, 0) is 32.1 Å². The number of nitrogens with one attached hydrogen (secondary N) is 1. The number of aryl methyl sites for hydroxylation is 1. The molecule has 0 saturated heterocycles. The molecule has 0 saturated carbocycles. The van der Waals surface area contributed by atoms with E-state index in [1.807, 2.05) is 6.08 Å². The van der Waals surface area contributed by atoms with Crippen molar-refractivity contribution in [1.82, 2.24) is 10.5 Å². The van der Waals surface area contributed by atoms with Crippen molar-refractivity contribution in [2.24, 2.45) is 0 Å². The van der Waals surface area contributed by atoms with E-state index < -0.39 is 0 Å². The van der Waals surface area contributed by atoms with Crippen molar-refractivity contribution in [3.63, 3.8) is 0 Å². The molecule has 0 spiro atoms. The molecule has 2 aliphatic carbocycles. The van der Waals surface area contributed by atoms with E-state index in [1.165, 1.54) is 0 Å². The van der Waals surface area contributed by atoms with Gasteiger partial charge in [0.1, 0.15) is 11.5 Å². The van der Waals surface area contributed by atoms with E-state index in [9.17, 15) is 9.90 Å². The number of rotatable bonds is 3. The lowest BCUT2D eigenvalue weighted by molar-refractivity contribution is -0.118. The van der Waals surface area contributed by atoms with Crippen molar-refractivity contribution >= 4 is 5.91 Å². The van der Waals surface area contributed by atoms with Gasteiger partial charge in [0.25, 0.3) is 0 Å². The maximum atomic E-state index is 12.1. The lowest BCUT2D eigenvalue weighted by atomic mass is 9.92. The van der Waals surface area contributed by atoms with Gasteiger partial charge in [0.05, 0.1) is 6.61 Å². The van der Waals surface area contributed by atoms with E-state index in [4.69, 9.17) is 4.52 Å². The van der Waals surface area contributed by atoms with Crippen LogP contribution in [0.25, 0.3) is 0 Å². The summed E-state index contributed by atoms with van der Waals surface area (Å²) in [6, 6.07) is 0.117. The Hall–Kier alpha value is -1.62. The number of aromatic nitrogens is 1. The molecule has 0 aromatic carbocycles. The second-order valence-corrected chi connectivity index (χ2v) is 5.22. The van der Waals surface area contributed by atoms with E-state index in [0.717, 1.165) is 49.0 Å². The molecule has 1 atom stereocenters. The van der Waals surface area contributed by atoms with Gasteiger partial charge in [-0.3, -0.25) is 4.79 Å². The van der Waals surface area contributed by atoms with Gasteiger partial charge in [0, 0.05) is 23.6 Å². The van der Waals surface area contributed by atoms with Crippen LogP contribution in [-0.2, 0) is 24.2 Å². The van der Waals surface area contributed by atoms with Crippen LogP contribution in [-0.4, -0.2) is 22.2 Å². The van der Waals surface area contributed by atoms with Crippen LogP contribution in [0, 0.1) is 0 Å². The van der Waals surface area contributed by atoms with Crippen molar-refractivity contribution in [2.45, 2.75) is 51.2 Å². The number of carbonyl (C=O) groups is 1. The Morgan fingerprint density at radius 1 is 1.53 bits per heavy atom. The maximum Gasteiger partial charge on any atom is 0.247 e. The molecule has 2 N–H and O–H groups in total. The zero-order chi connectivity index (χ0) is 13.2. The number of aliphatic hydroxyl groups excluding tert-OH is 1. The van der Waals surface area contributed by atoms with Crippen LogP contribution in [0.4, 0.5) is 0 Å². The third kappa shape index (κ3) is 2.42. The third-order valence-corrected chi connectivity index (χ3v) is 3.94. The first kappa shape index (κ1) is 12.4. The highest BCUT2D eigenvalue weighted by Gasteiger charge is 2.27. The molecule has 102 valence electrons. The van der Waals surface area contributed by atoms with Crippen LogP contribution < -0.4 is 5.32 Å². The average molecular weight is 262 g/mol. The number of hydrogen-bond acceptors (Lipinski definition) is 4. The number of aliphatic hydroxyl groups is 1. The number of carbonyl (C=O) groups excluding carboxylic acids is 1. The first-order valence-corrected chi connectivity index (χ1v) is 6.85. The van der Waals surface area contributed by atoms with Crippen LogP contribution in [0.3, 0.4) is 0 Å². The Balaban J connectivity index is 1.66. The number of allylic oxidation sites excluding steroid dienone is 1. The molecule has 0 aliphatic heterocycles. The number of amides is 1. The van der Waals surface area contributed by atoms with E-state index in [-0.39, 0.29) is 18.6 Å². The quantitative estimate of drug-likeness (QED) is 0.859. The minimum atomic E-state index is -0.106. The molecule has 5 nitrogen and oxygen atoms in total. The minimum absolute atomic E-state index is 0.0629. The predicted octanol–water partition coefficient (Wildman–Crippen LogP) is 1.25. The Kier molecular flexibility index (Phi) is 3.38. The molecule has 2 aliphatic rings. The second-order valence-electron chi connectivity index (χ2n) is 5.22. The van der Waals surface area contributed by atoms with Crippen LogP contribution in [0.1, 0.15) is 42.7 Å². The van der Waals surface area contributed by atoms with Crippen molar-refractivity contribution < 1.29 is 14.4 Å². The summed E-state index contributed by atoms with van der Waals surface area (Å²) < 4.78 is 5.20. The summed E-state index contributed by atoms with van der Waals surface area (Å²) in [5, 5.41) is 16.1. The molecule has 0 radical (unpaired) electrons. The molecule has 1 unspecified atom stereocenters. The Bertz CT molecular complexity index is 505. The Morgan fingerprint density at radius 2 is 2.42 bits per heavy atom. The molecule has 3 rings (SSSR count). The van der Waals surface area contributed by atoms with Crippen LogP contribution >= 0.6 is 0 Å². The fourth-order valence-electron chi connectivity index (χ4n) is 2.87. The molecule has 1 aromatic rings. The smallest absolute Gasteiger partial charge is 0.247 e. The zero-order valence-electron chi connectivity index (χ0n) is 10.8. The van der Waals surface area contributed by atoms with E-state index in [0.29, 0.717) is 12.1 Å². The molecular weight excluding hydrogens is 244 g/mol. The first-order chi connectivity index (χ1) is 9.28. The fourth-order valence-corrected chi connectivity index (χ4v) is 2.87. The van der Waals surface area contributed by atoms with Crippen molar-refractivity contribution in [3.05, 3.63) is 28.7 Å². The number of nitrogens with zero attached hydrogens (tertiary/aromatic N) is 1. The average Bonchev–Trinajstić information content (AvgIpc) is 3.07. The highest BCUT2D eigenvalue weighted by molar-refractivity contribution is 5.94. The molecule has 5 heteroatoms. The summed E-state index contributed by atoms with van der Waals surface area (Å²) in [4.78, 5) is 12.1. The summed E-state index contributed by atoms with van der Waals surface area (Å²) >= 11 is 0. The molecule has 19 heavy (non-hydrogen) atoms. The van der Waals surface area contributed by atoms with Gasteiger partial charge < -0.3 is 14.9 Å². The summed E-state index contributed by atoms with van der Waals surface area (Å²) in [7, 11) is 0. The van der Waals surface area contributed by atoms with Crippen molar-refractivity contribution in [2.75, 3.05) is 0 Å². The van der Waals surface area contributed by atoms with Gasteiger partial charge in [-0.25, -0.2) is 0 Å². The molecule has 1 amide bonds. The summed E-state index contributed by atoms with van der Waals surface area (Å²) in [6.07, 6.45) is 7.35. The van der Waals surface area contributed by atoms with Gasteiger partial charge in [0.15, 0.2) is 0 Å². The van der Waals surface area contributed by atoms with Gasteiger partial charge in [-0.15, -0.1) is 0 Å². The predicted molar refractivity (Wildman–Crippen MR) is 68.3 cm³/mol. The van der Waals surface area contributed by atoms with Crippen molar-refractivity contribution in [3.8, 4) is 0 Å². The Morgan fingerprint density at radius 3 is 3.16 bits per heavy atom. The monoisotopic (exact) mass is 262 g/mol. The standard InChI is InChI=1S/C14H18N2O3/c17-8-12-11-7-10(5-6-13(11)19-16-12)15-14(18)9-3-1-2-4-9/h3,10,17H,1-2,4-8H2,(H,15,18). The SMILES string of the molecule is O=C(NC1CCc2onc(CO)c2C1)C1=CCCC1. The van der Waals surface area contributed by atoms with Crippen molar-refractivity contribution in [1.29, 1.82) is 0 Å². The summed E-state index contributed by atoms with van der Waals surface area (Å²) in [5.41, 5.74) is 2.49. The molecule has 0 fully saturated rings. The molecule has 1 heterocycles. The number of hydrogen-bond donors (Lipinski definition) is 2. The van der Waals surface area contributed by atoms with Gasteiger partial charge in [-0.1, -0.05) is 11.2 Å². The topological polar surface area (TPSA) is 75.4 Å². The largest absolute Gasteiger partial charge is 0.390 e. The van der Waals surface area contributed by atoms with Crippen LogP contribution in [0.2, 0.25) is 0 Å². The van der Waals surface area contributed by atoms with Gasteiger partial charge in [0.2, 0.25) is 5.91 Å². The lowest BCUT2D eigenvalue weighted by Crippen LogP contribution is -2.39. The lowest BCUT2D eigenvalue weighted by Gasteiger charge is -2.22. The third-order valence-electron chi connectivity index (χ3n) is 3.94. The second kappa shape index (κ2) is 5.17. The van der Waals surface area contributed by atoms with Crippen LogP contribution in [0.5, 0.6) is 0 Å². The number of fused-ring (bicyclic) bond motifs is 1. The molecule has 0 bridgehead atoms. The fraction of sp³-hybridized carbons (Fsp3) is 0.571. The maximum absolute atomic E-state index is 12.1.